The van der Waals surface area contributed by atoms with Gasteiger partial charge in [0.15, 0.2) is 11.5 Å². The van der Waals surface area contributed by atoms with Crippen molar-refractivity contribution in [3.63, 3.8) is 0 Å². The van der Waals surface area contributed by atoms with Crippen LogP contribution in [0.25, 0.3) is 0 Å². The maximum absolute atomic E-state index is 13.2. The molecule has 5 N–H and O–H groups in total. The van der Waals surface area contributed by atoms with E-state index in [4.69, 9.17) is 9.47 Å². The second kappa shape index (κ2) is 17.5. The zero-order valence-corrected chi connectivity index (χ0v) is 24.6. The van der Waals surface area contributed by atoms with Crippen LogP contribution in [0.15, 0.2) is 18.2 Å². The highest BCUT2D eigenvalue weighted by Crippen LogP contribution is 2.35. The normalized spacial score (nSPS) is 17.8. The van der Waals surface area contributed by atoms with Crippen molar-refractivity contribution >= 4 is 42.6 Å². The molecule has 0 aliphatic carbocycles. The predicted octanol–water partition coefficient (Wildman–Crippen LogP) is 3.18. The highest BCUT2D eigenvalue weighted by atomic mass is 35.5. The number of carboxylic acid groups (broad SMARTS) is 1. The quantitative estimate of drug-likeness (QED) is 0.232. The Labute approximate surface area is 248 Å². The lowest BCUT2D eigenvalue weighted by molar-refractivity contribution is -0.138. The molecule has 3 heterocycles. The van der Waals surface area contributed by atoms with Gasteiger partial charge in [-0.3, -0.25) is 14.4 Å². The van der Waals surface area contributed by atoms with Crippen molar-refractivity contribution < 1.29 is 29.0 Å². The van der Waals surface area contributed by atoms with Gasteiger partial charge in [0.25, 0.3) is 0 Å². The molecule has 2 amide bonds. The Morgan fingerprint density at radius 3 is 2.05 bits per heavy atom. The Kier molecular flexibility index (Phi) is 14.9. The summed E-state index contributed by atoms with van der Waals surface area (Å²) in [5.41, 5.74) is 0.609. The predicted molar refractivity (Wildman–Crippen MR) is 156 cm³/mol. The third-order valence-corrected chi connectivity index (χ3v) is 8.07. The van der Waals surface area contributed by atoms with Gasteiger partial charge in [0.2, 0.25) is 18.6 Å². The number of carbonyl (C=O) groups excluding carboxylic acids is 2. The van der Waals surface area contributed by atoms with Crippen molar-refractivity contribution in [2.75, 3.05) is 39.5 Å². The van der Waals surface area contributed by atoms with Crippen LogP contribution in [-0.4, -0.2) is 62.4 Å². The van der Waals surface area contributed by atoms with E-state index in [0.29, 0.717) is 28.9 Å². The molecule has 0 bridgehead atoms. The zero-order valence-electron chi connectivity index (χ0n) is 23.0. The van der Waals surface area contributed by atoms with Crippen molar-refractivity contribution in [1.82, 2.24) is 21.3 Å². The van der Waals surface area contributed by atoms with Crippen molar-refractivity contribution in [3.8, 4) is 11.5 Å². The van der Waals surface area contributed by atoms with E-state index >= 15 is 0 Å². The summed E-state index contributed by atoms with van der Waals surface area (Å²) in [5, 5.41) is 21.8. The summed E-state index contributed by atoms with van der Waals surface area (Å²) in [6.45, 7) is 4.08. The smallest absolute Gasteiger partial charge is 0.305 e. The monoisotopic (exact) mass is 602 g/mol. The van der Waals surface area contributed by atoms with E-state index in [2.05, 4.69) is 21.3 Å². The number of fused-ring (bicyclic) bond motifs is 1. The molecule has 4 rings (SSSR count). The van der Waals surface area contributed by atoms with E-state index in [0.717, 1.165) is 77.5 Å². The molecule has 0 radical (unpaired) electrons. The van der Waals surface area contributed by atoms with Gasteiger partial charge in [0.1, 0.15) is 0 Å². The molecule has 1 atom stereocenters. The summed E-state index contributed by atoms with van der Waals surface area (Å²) in [7, 11) is 0. The van der Waals surface area contributed by atoms with Gasteiger partial charge in [-0.15, -0.1) is 24.8 Å². The number of hydrogen-bond donors (Lipinski definition) is 5. The number of carboxylic acids is 1. The molecule has 0 saturated carbocycles. The number of amides is 2. The van der Waals surface area contributed by atoms with Gasteiger partial charge in [-0.2, -0.15) is 0 Å². The van der Waals surface area contributed by atoms with Gasteiger partial charge in [0.05, 0.1) is 19.0 Å². The molecule has 2 fully saturated rings. The summed E-state index contributed by atoms with van der Waals surface area (Å²) >= 11 is 0. The number of carbonyl (C=O) groups is 3. The molecule has 0 spiro atoms. The van der Waals surface area contributed by atoms with E-state index < -0.39 is 17.9 Å². The Balaban J connectivity index is 0.00000280. The van der Waals surface area contributed by atoms with Crippen LogP contribution in [0.3, 0.4) is 0 Å². The highest BCUT2D eigenvalue weighted by Gasteiger charge is 2.25. The van der Waals surface area contributed by atoms with E-state index in [1.807, 2.05) is 0 Å². The van der Waals surface area contributed by atoms with Crippen molar-refractivity contribution in [1.29, 1.82) is 0 Å². The lowest BCUT2D eigenvalue weighted by Crippen LogP contribution is -2.41. The third kappa shape index (κ3) is 10.6. The molecule has 3 aliphatic heterocycles. The molecule has 10 nitrogen and oxygen atoms in total. The molecular formula is C28H44Cl2N4O6. The van der Waals surface area contributed by atoms with Crippen LogP contribution in [0.2, 0.25) is 0 Å². The molecular weight excluding hydrogens is 559 g/mol. The molecule has 12 heteroatoms. The first-order chi connectivity index (χ1) is 18.5. The van der Waals surface area contributed by atoms with Crippen LogP contribution in [0.4, 0.5) is 0 Å². The number of hydrogen-bond acceptors (Lipinski definition) is 7. The summed E-state index contributed by atoms with van der Waals surface area (Å²) < 4.78 is 10.7. The number of rotatable bonds is 13. The van der Waals surface area contributed by atoms with Crippen LogP contribution in [0.1, 0.15) is 69.4 Å². The Morgan fingerprint density at radius 2 is 1.48 bits per heavy atom. The van der Waals surface area contributed by atoms with Gasteiger partial charge < -0.3 is 35.8 Å². The Bertz CT molecular complexity index is 935. The van der Waals surface area contributed by atoms with Crippen molar-refractivity contribution in [3.05, 3.63) is 23.8 Å². The maximum Gasteiger partial charge on any atom is 0.305 e. The second-order valence-corrected chi connectivity index (χ2v) is 10.8. The highest BCUT2D eigenvalue weighted by molar-refractivity contribution is 5.86. The summed E-state index contributed by atoms with van der Waals surface area (Å²) in [6, 6.07) is 4.36. The minimum atomic E-state index is -1.03. The minimum Gasteiger partial charge on any atom is -0.481 e. The summed E-state index contributed by atoms with van der Waals surface area (Å²) in [6.07, 6.45) is 8.04. The SMILES string of the molecule is Cl.Cl.O=C(O)CC(NC(=O)CNC(=O)C(CCC1CCNCC1)CCC1CCNCC1)c1ccc2c(c1)OCO2. The topological polar surface area (TPSA) is 138 Å². The van der Waals surface area contributed by atoms with Gasteiger partial charge >= 0.3 is 5.97 Å². The van der Waals surface area contributed by atoms with E-state index in [9.17, 15) is 19.5 Å². The molecule has 0 aromatic heterocycles. The molecule has 1 unspecified atom stereocenters. The average molecular weight is 604 g/mol. The second-order valence-electron chi connectivity index (χ2n) is 10.8. The summed E-state index contributed by atoms with van der Waals surface area (Å²) in [4.78, 5) is 37.5. The number of ether oxygens (including phenoxy) is 2. The van der Waals surface area contributed by atoms with Crippen molar-refractivity contribution in [2.45, 2.75) is 63.8 Å². The van der Waals surface area contributed by atoms with Crippen LogP contribution in [-0.2, 0) is 14.4 Å². The number of benzene rings is 1. The fourth-order valence-corrected chi connectivity index (χ4v) is 5.73. The van der Waals surface area contributed by atoms with E-state index in [1.165, 1.54) is 0 Å². The Morgan fingerprint density at radius 1 is 0.900 bits per heavy atom. The van der Waals surface area contributed by atoms with Crippen LogP contribution in [0.5, 0.6) is 11.5 Å². The summed E-state index contributed by atoms with van der Waals surface area (Å²) in [5.74, 6) is 0.745. The Hall–Kier alpha value is -2.27. The minimum absolute atomic E-state index is 0. The van der Waals surface area contributed by atoms with E-state index in [1.54, 1.807) is 18.2 Å². The first kappa shape index (κ1) is 33.9. The van der Waals surface area contributed by atoms with Crippen molar-refractivity contribution in [2.24, 2.45) is 17.8 Å². The average Bonchev–Trinajstić information content (AvgIpc) is 3.40. The fourth-order valence-electron chi connectivity index (χ4n) is 5.73. The van der Waals surface area contributed by atoms with Gasteiger partial charge in [-0.25, -0.2) is 0 Å². The lowest BCUT2D eigenvalue weighted by Gasteiger charge is -2.27. The van der Waals surface area contributed by atoms with Gasteiger partial charge in [-0.1, -0.05) is 6.07 Å². The first-order valence-electron chi connectivity index (χ1n) is 14.1. The molecule has 3 aliphatic rings. The zero-order chi connectivity index (χ0) is 26.7. The third-order valence-electron chi connectivity index (χ3n) is 8.07. The fraction of sp³-hybridized carbons (Fsp3) is 0.679. The van der Waals surface area contributed by atoms with Crippen LogP contribution in [0, 0.1) is 17.8 Å². The molecule has 40 heavy (non-hydrogen) atoms. The maximum atomic E-state index is 13.2. The lowest BCUT2D eigenvalue weighted by atomic mass is 9.84. The number of piperidine rings is 2. The molecule has 226 valence electrons. The first-order valence-corrected chi connectivity index (χ1v) is 14.1. The number of aliphatic carboxylic acids is 1. The standard InChI is InChI=1S/C28H42N4O6.2ClH/c33-26(32-23(16-27(34)35)22-5-6-24-25(15-22)38-18-37-24)17-31-28(36)21(3-1-19-7-11-29-12-8-19)4-2-20-9-13-30-14-10-20;;/h5-6,15,19-21,23,29-30H,1-4,7-14,16-18H2,(H,31,36)(H,32,33)(H,34,35);2*1H. The molecule has 2 saturated heterocycles. The van der Waals surface area contributed by atoms with Crippen LogP contribution < -0.4 is 30.7 Å². The van der Waals surface area contributed by atoms with Gasteiger partial charge in [-0.05, 0) is 107 Å². The molecule has 1 aromatic rings. The van der Waals surface area contributed by atoms with Gasteiger partial charge in [0, 0.05) is 5.92 Å². The van der Waals surface area contributed by atoms with Crippen LogP contribution >= 0.6 is 24.8 Å². The number of halogens is 2. The number of nitrogens with one attached hydrogen (secondary N) is 4. The molecule has 1 aromatic carbocycles. The van der Waals surface area contributed by atoms with E-state index in [-0.39, 0.29) is 56.4 Å². The largest absolute Gasteiger partial charge is 0.481 e.